The van der Waals surface area contributed by atoms with Gasteiger partial charge in [0.1, 0.15) is 6.54 Å². The summed E-state index contributed by atoms with van der Waals surface area (Å²) in [5, 5.41) is 11.6. The van der Waals surface area contributed by atoms with Crippen molar-refractivity contribution in [2.75, 3.05) is 10.8 Å². The van der Waals surface area contributed by atoms with Crippen molar-refractivity contribution in [3.05, 3.63) is 94.5 Å². The number of carboxylic acid groups (broad SMARTS) is 1. The predicted molar refractivity (Wildman–Crippen MR) is 127 cm³/mol. The van der Waals surface area contributed by atoms with Gasteiger partial charge in [-0.3, -0.25) is 9.10 Å². The number of carbonyl (C=O) groups excluding carboxylic acids is 1. The first kappa shape index (κ1) is 26.7. The second kappa shape index (κ2) is 10.4. The molecule has 3 aromatic rings. The van der Waals surface area contributed by atoms with Gasteiger partial charge in [-0.2, -0.15) is 13.2 Å². The number of anilines is 1. The van der Waals surface area contributed by atoms with E-state index in [1.165, 1.54) is 36.4 Å². The maximum absolute atomic E-state index is 13.5. The van der Waals surface area contributed by atoms with Crippen LogP contribution in [0.2, 0.25) is 0 Å². The molecule has 0 aliphatic carbocycles. The van der Waals surface area contributed by atoms with Gasteiger partial charge in [0.05, 0.1) is 21.7 Å². The molecule has 2 N–H and O–H groups in total. The Kier molecular flexibility index (Phi) is 7.73. The fraction of sp³-hybridized carbons (Fsp3) is 0.200. The molecule has 0 atom stereocenters. The molecule has 0 aliphatic rings. The van der Waals surface area contributed by atoms with Crippen molar-refractivity contribution in [2.45, 2.75) is 31.5 Å². The zero-order chi connectivity index (χ0) is 26.7. The maximum atomic E-state index is 13.5. The minimum Gasteiger partial charge on any atom is -0.478 e. The van der Waals surface area contributed by atoms with Crippen LogP contribution in [0.3, 0.4) is 0 Å². The highest BCUT2D eigenvalue weighted by Crippen LogP contribution is 2.37. The molecule has 1 amide bonds. The molecule has 0 bridgehead atoms. The SMILES string of the molecule is Cc1ccc(S(=O)(=O)N(CC(=O)NCc2cccc(C(=O)O)c2)c2cccc(C(F)(F)F)c2C)cc1. The van der Waals surface area contributed by atoms with Crippen molar-refractivity contribution in [2.24, 2.45) is 0 Å². The van der Waals surface area contributed by atoms with Crippen LogP contribution in [0, 0.1) is 13.8 Å². The molecule has 0 radical (unpaired) electrons. The number of carboxylic acids is 1. The van der Waals surface area contributed by atoms with E-state index < -0.39 is 40.2 Å². The summed E-state index contributed by atoms with van der Waals surface area (Å²) in [7, 11) is -4.42. The summed E-state index contributed by atoms with van der Waals surface area (Å²) < 4.78 is 68.2. The van der Waals surface area contributed by atoms with Crippen LogP contribution in [0.4, 0.5) is 18.9 Å². The number of sulfonamides is 1. The first-order valence-electron chi connectivity index (χ1n) is 10.7. The summed E-state index contributed by atoms with van der Waals surface area (Å²) in [6.07, 6.45) is -4.73. The first-order chi connectivity index (χ1) is 16.8. The molecule has 0 heterocycles. The average Bonchev–Trinajstić information content (AvgIpc) is 2.81. The number of hydrogen-bond acceptors (Lipinski definition) is 4. The predicted octanol–water partition coefficient (Wildman–Crippen LogP) is 4.53. The van der Waals surface area contributed by atoms with Gasteiger partial charge in [0.15, 0.2) is 0 Å². The number of aromatic carboxylic acids is 1. The molecule has 0 unspecified atom stereocenters. The largest absolute Gasteiger partial charge is 0.478 e. The van der Waals surface area contributed by atoms with Crippen LogP contribution in [0.5, 0.6) is 0 Å². The van der Waals surface area contributed by atoms with Crippen LogP contribution >= 0.6 is 0 Å². The Morgan fingerprint density at radius 3 is 2.22 bits per heavy atom. The number of nitrogens with zero attached hydrogens (tertiary/aromatic N) is 1. The van der Waals surface area contributed by atoms with E-state index in [-0.39, 0.29) is 28.3 Å². The third-order valence-corrected chi connectivity index (χ3v) is 7.21. The Morgan fingerprint density at radius 1 is 0.972 bits per heavy atom. The summed E-state index contributed by atoms with van der Waals surface area (Å²) in [5.41, 5.74) is -0.417. The van der Waals surface area contributed by atoms with Gasteiger partial charge in [-0.15, -0.1) is 0 Å². The van der Waals surface area contributed by atoms with E-state index >= 15 is 0 Å². The van der Waals surface area contributed by atoms with Crippen LogP contribution in [-0.4, -0.2) is 31.9 Å². The van der Waals surface area contributed by atoms with Crippen molar-refractivity contribution in [3.63, 3.8) is 0 Å². The van der Waals surface area contributed by atoms with Gasteiger partial charge in [-0.05, 0) is 61.4 Å². The normalized spacial score (nSPS) is 11.7. The lowest BCUT2D eigenvalue weighted by molar-refractivity contribution is -0.138. The second-order valence-electron chi connectivity index (χ2n) is 8.05. The quantitative estimate of drug-likeness (QED) is 0.454. The first-order valence-corrected chi connectivity index (χ1v) is 12.1. The van der Waals surface area contributed by atoms with Gasteiger partial charge in [0.25, 0.3) is 10.0 Å². The van der Waals surface area contributed by atoms with Crippen LogP contribution in [0.15, 0.2) is 71.6 Å². The zero-order valence-electron chi connectivity index (χ0n) is 19.3. The average molecular weight is 521 g/mol. The van der Waals surface area contributed by atoms with E-state index in [1.807, 2.05) is 0 Å². The van der Waals surface area contributed by atoms with Crippen molar-refractivity contribution in [3.8, 4) is 0 Å². The zero-order valence-corrected chi connectivity index (χ0v) is 20.2. The third kappa shape index (κ3) is 6.03. The van der Waals surface area contributed by atoms with Gasteiger partial charge < -0.3 is 10.4 Å². The lowest BCUT2D eigenvalue weighted by Gasteiger charge is -2.27. The molecule has 3 rings (SSSR count). The molecule has 0 spiro atoms. The Labute approximate surface area is 206 Å². The van der Waals surface area contributed by atoms with E-state index in [0.29, 0.717) is 9.87 Å². The fourth-order valence-corrected chi connectivity index (χ4v) is 5.02. The van der Waals surface area contributed by atoms with Crippen molar-refractivity contribution in [1.29, 1.82) is 0 Å². The third-order valence-electron chi connectivity index (χ3n) is 5.44. The summed E-state index contributed by atoms with van der Waals surface area (Å²) in [5.74, 6) is -1.94. The number of halogens is 3. The Morgan fingerprint density at radius 2 is 1.61 bits per heavy atom. The van der Waals surface area contributed by atoms with Gasteiger partial charge in [0.2, 0.25) is 5.91 Å². The molecule has 190 valence electrons. The minimum absolute atomic E-state index is 0.00455. The summed E-state index contributed by atoms with van der Waals surface area (Å²) in [6, 6.07) is 14.6. The Balaban J connectivity index is 1.97. The standard InChI is InChI=1S/C25H23F3N2O5S/c1-16-9-11-20(12-10-16)36(34,35)30(22-8-4-7-21(17(22)2)25(26,27)28)15-23(31)29-14-18-5-3-6-19(13-18)24(32)33/h3-13H,14-15H2,1-2H3,(H,29,31)(H,32,33). The number of rotatable bonds is 8. The van der Waals surface area contributed by atoms with E-state index in [4.69, 9.17) is 5.11 Å². The van der Waals surface area contributed by atoms with E-state index in [9.17, 15) is 31.2 Å². The van der Waals surface area contributed by atoms with E-state index in [0.717, 1.165) is 24.6 Å². The number of benzene rings is 3. The molecule has 7 nitrogen and oxygen atoms in total. The molecule has 3 aromatic carbocycles. The Bertz CT molecular complexity index is 1390. The number of nitrogens with one attached hydrogen (secondary N) is 1. The highest BCUT2D eigenvalue weighted by Gasteiger charge is 2.36. The minimum atomic E-state index is -4.73. The number of carbonyl (C=O) groups is 2. The van der Waals surface area contributed by atoms with Crippen molar-refractivity contribution in [1.82, 2.24) is 5.32 Å². The molecular formula is C25H23F3N2O5S. The summed E-state index contributed by atoms with van der Waals surface area (Å²) >= 11 is 0. The van der Waals surface area contributed by atoms with Crippen LogP contribution in [0.25, 0.3) is 0 Å². The van der Waals surface area contributed by atoms with Crippen LogP contribution in [0.1, 0.15) is 32.6 Å². The molecule has 0 aliphatic heterocycles. The maximum Gasteiger partial charge on any atom is 0.416 e. The van der Waals surface area contributed by atoms with Crippen molar-refractivity contribution >= 4 is 27.6 Å². The van der Waals surface area contributed by atoms with Gasteiger partial charge >= 0.3 is 12.1 Å². The molecule has 0 fully saturated rings. The van der Waals surface area contributed by atoms with Crippen LogP contribution in [-0.2, 0) is 27.5 Å². The number of hydrogen-bond donors (Lipinski definition) is 2. The number of alkyl halides is 3. The van der Waals surface area contributed by atoms with Gasteiger partial charge in [0, 0.05) is 6.54 Å². The highest BCUT2D eigenvalue weighted by molar-refractivity contribution is 7.92. The number of amides is 1. The topological polar surface area (TPSA) is 104 Å². The molecule has 0 saturated carbocycles. The van der Waals surface area contributed by atoms with E-state index in [2.05, 4.69) is 5.32 Å². The number of aryl methyl sites for hydroxylation is 1. The molecule has 0 aromatic heterocycles. The smallest absolute Gasteiger partial charge is 0.416 e. The summed E-state index contributed by atoms with van der Waals surface area (Å²) in [6.45, 7) is 1.99. The van der Waals surface area contributed by atoms with E-state index in [1.54, 1.807) is 25.1 Å². The Hall–Kier alpha value is -3.86. The van der Waals surface area contributed by atoms with Gasteiger partial charge in [-0.25, -0.2) is 13.2 Å². The summed E-state index contributed by atoms with van der Waals surface area (Å²) in [4.78, 5) is 23.7. The highest BCUT2D eigenvalue weighted by atomic mass is 32.2. The second-order valence-corrected chi connectivity index (χ2v) is 9.92. The fourth-order valence-electron chi connectivity index (χ4n) is 3.54. The molecule has 36 heavy (non-hydrogen) atoms. The molecule has 0 saturated heterocycles. The van der Waals surface area contributed by atoms with Gasteiger partial charge in [-0.1, -0.05) is 35.9 Å². The monoisotopic (exact) mass is 520 g/mol. The van der Waals surface area contributed by atoms with Crippen LogP contribution < -0.4 is 9.62 Å². The molecular weight excluding hydrogens is 497 g/mol. The van der Waals surface area contributed by atoms with Crippen molar-refractivity contribution < 1.29 is 36.3 Å². The lowest BCUT2D eigenvalue weighted by atomic mass is 10.1. The molecule has 11 heteroatoms. The lowest BCUT2D eigenvalue weighted by Crippen LogP contribution is -2.41.